The number of thiophene rings is 1. The molecule has 4 aromatic heterocycles. The zero-order valence-electron chi connectivity index (χ0n) is 25.5. The maximum atomic E-state index is 14.1. The molecule has 2 fully saturated rings. The van der Waals surface area contributed by atoms with Crippen LogP contribution in [0.3, 0.4) is 0 Å². The van der Waals surface area contributed by atoms with E-state index in [-0.39, 0.29) is 29.8 Å². The van der Waals surface area contributed by atoms with Crippen molar-refractivity contribution < 1.29 is 9.90 Å². The first-order valence-corrected chi connectivity index (χ1v) is 16.5. The van der Waals surface area contributed by atoms with Crippen LogP contribution >= 0.6 is 11.3 Å². The van der Waals surface area contributed by atoms with Crippen molar-refractivity contribution in [1.29, 1.82) is 0 Å². The lowest BCUT2D eigenvalue weighted by Gasteiger charge is -2.43. The highest BCUT2D eigenvalue weighted by Crippen LogP contribution is 2.37. The average Bonchev–Trinajstić information content (AvgIpc) is 3.70. The molecule has 2 aliphatic rings. The van der Waals surface area contributed by atoms with E-state index in [9.17, 15) is 14.7 Å². The van der Waals surface area contributed by atoms with Gasteiger partial charge in [-0.05, 0) is 67.3 Å². The number of aliphatic hydroxyl groups is 1. The van der Waals surface area contributed by atoms with Crippen molar-refractivity contribution in [2.45, 2.75) is 43.9 Å². The maximum Gasteiger partial charge on any atom is 0.262 e. The minimum atomic E-state index is -1.07. The van der Waals surface area contributed by atoms with Gasteiger partial charge >= 0.3 is 0 Å². The fourth-order valence-corrected chi connectivity index (χ4v) is 8.05. The fraction of sp³-hybridized carbons (Fsp3) is 0.371. The number of rotatable bonds is 7. The van der Waals surface area contributed by atoms with Gasteiger partial charge in [0.2, 0.25) is 5.91 Å². The highest BCUT2D eigenvalue weighted by Gasteiger charge is 2.41. The standard InChI is InChI=1S/C35H38N6O3S/c1-38-17-11-29-32(38)37-24-41(34(29)43)23-35(44)13-19-40(20-14-35)33(42)28-12-18-39(22-30(28)25-5-3-2-4-6-25)21-27-7-8-31(45-27)26-9-15-36-16-10-26/h2-11,15-17,24,28,30,44H,12-14,18-23H2,1H3/t28-,30+/m1/s1. The summed E-state index contributed by atoms with van der Waals surface area (Å²) in [6, 6.07) is 20.7. The Bertz CT molecular complexity index is 1840. The molecule has 0 radical (unpaired) electrons. The lowest BCUT2D eigenvalue weighted by Crippen LogP contribution is -2.53. The molecule has 2 saturated heterocycles. The van der Waals surface area contributed by atoms with Crippen LogP contribution in [0.1, 0.15) is 35.6 Å². The number of carbonyl (C=O) groups excluding carboxylic acids is 1. The van der Waals surface area contributed by atoms with Gasteiger partial charge in [0.15, 0.2) is 0 Å². The number of amides is 1. The fourth-order valence-electron chi connectivity index (χ4n) is 7.00. The van der Waals surface area contributed by atoms with Crippen LogP contribution in [-0.4, -0.2) is 71.7 Å². The number of piperidine rings is 2. The van der Waals surface area contributed by atoms with Gasteiger partial charge in [-0.1, -0.05) is 30.3 Å². The van der Waals surface area contributed by atoms with Gasteiger partial charge in [0.05, 0.1) is 17.5 Å². The summed E-state index contributed by atoms with van der Waals surface area (Å²) >= 11 is 1.81. The quantitative estimate of drug-likeness (QED) is 0.287. The second kappa shape index (κ2) is 12.3. The molecule has 0 unspecified atom stereocenters. The normalized spacial score (nSPS) is 20.4. The van der Waals surface area contributed by atoms with Crippen LogP contribution in [0.15, 0.2) is 90.4 Å². The Hall–Kier alpha value is -4.12. The molecule has 2 aliphatic heterocycles. The van der Waals surface area contributed by atoms with Gasteiger partial charge < -0.3 is 14.6 Å². The molecule has 0 saturated carbocycles. The first kappa shape index (κ1) is 29.6. The summed E-state index contributed by atoms with van der Waals surface area (Å²) in [5.41, 5.74) is 1.79. The first-order valence-electron chi connectivity index (χ1n) is 15.6. The maximum absolute atomic E-state index is 14.1. The van der Waals surface area contributed by atoms with Gasteiger partial charge in [0, 0.05) is 73.4 Å². The van der Waals surface area contributed by atoms with Crippen molar-refractivity contribution in [3.05, 3.63) is 106 Å². The lowest BCUT2D eigenvalue weighted by atomic mass is 9.79. The minimum absolute atomic E-state index is 0.0927. The Labute approximate surface area is 266 Å². The molecular formula is C35H38N6O3S. The number of hydrogen-bond donors (Lipinski definition) is 1. The third-order valence-corrected chi connectivity index (χ3v) is 10.7. The average molecular weight is 623 g/mol. The van der Waals surface area contributed by atoms with E-state index in [0.717, 1.165) is 26.1 Å². The second-order valence-electron chi connectivity index (χ2n) is 12.5. The van der Waals surface area contributed by atoms with Gasteiger partial charge in [0.1, 0.15) is 12.0 Å². The van der Waals surface area contributed by atoms with Gasteiger partial charge in [0.25, 0.3) is 5.56 Å². The van der Waals surface area contributed by atoms with Gasteiger partial charge in [-0.2, -0.15) is 0 Å². The summed E-state index contributed by atoms with van der Waals surface area (Å²) in [4.78, 5) is 42.7. The van der Waals surface area contributed by atoms with E-state index in [2.05, 4.69) is 51.3 Å². The van der Waals surface area contributed by atoms with Crippen LogP contribution in [0.2, 0.25) is 0 Å². The Morgan fingerprint density at radius 3 is 2.58 bits per heavy atom. The number of hydrogen-bond acceptors (Lipinski definition) is 7. The van der Waals surface area contributed by atoms with E-state index < -0.39 is 5.60 Å². The highest BCUT2D eigenvalue weighted by molar-refractivity contribution is 7.15. The Kier molecular flexibility index (Phi) is 8.12. The monoisotopic (exact) mass is 622 g/mol. The molecule has 0 bridgehead atoms. The molecule has 5 aromatic rings. The van der Waals surface area contributed by atoms with Crippen molar-refractivity contribution >= 4 is 28.3 Å². The van der Waals surface area contributed by atoms with Crippen LogP contribution in [0, 0.1) is 5.92 Å². The summed E-state index contributed by atoms with van der Waals surface area (Å²) in [5, 5.41) is 12.0. The number of aromatic nitrogens is 4. The number of likely N-dealkylation sites (tertiary alicyclic amines) is 2. The van der Waals surface area contributed by atoms with E-state index in [1.165, 1.54) is 31.8 Å². The number of pyridine rings is 1. The van der Waals surface area contributed by atoms with Crippen LogP contribution in [-0.2, 0) is 24.9 Å². The van der Waals surface area contributed by atoms with Crippen molar-refractivity contribution in [3.8, 4) is 10.4 Å². The first-order chi connectivity index (χ1) is 21.9. The zero-order chi connectivity index (χ0) is 31.0. The minimum Gasteiger partial charge on any atom is -0.388 e. The summed E-state index contributed by atoms with van der Waals surface area (Å²) in [5.74, 6) is 0.152. The van der Waals surface area contributed by atoms with Gasteiger partial charge in [-0.25, -0.2) is 4.98 Å². The molecule has 6 heterocycles. The molecule has 10 heteroatoms. The predicted octanol–water partition coefficient (Wildman–Crippen LogP) is 4.52. The number of fused-ring (bicyclic) bond motifs is 1. The molecule has 9 nitrogen and oxygen atoms in total. The van der Waals surface area contributed by atoms with E-state index in [1.54, 1.807) is 6.07 Å². The second-order valence-corrected chi connectivity index (χ2v) is 13.7. The summed E-state index contributed by atoms with van der Waals surface area (Å²) in [6.07, 6.45) is 8.63. The van der Waals surface area contributed by atoms with E-state index in [1.807, 2.05) is 64.6 Å². The number of carbonyl (C=O) groups is 1. The molecule has 2 atom stereocenters. The van der Waals surface area contributed by atoms with Crippen molar-refractivity contribution in [2.24, 2.45) is 13.0 Å². The Balaban J connectivity index is 1.02. The third kappa shape index (κ3) is 6.10. The van der Waals surface area contributed by atoms with Gasteiger partial charge in [-0.15, -0.1) is 11.3 Å². The van der Waals surface area contributed by atoms with Crippen LogP contribution in [0.5, 0.6) is 0 Å². The molecule has 0 spiro atoms. The van der Waals surface area contributed by atoms with E-state index in [0.29, 0.717) is 37.0 Å². The zero-order valence-corrected chi connectivity index (χ0v) is 26.3. The number of benzene rings is 1. The van der Waals surface area contributed by atoms with Gasteiger partial charge in [-0.3, -0.25) is 24.0 Å². The third-order valence-electron chi connectivity index (χ3n) is 9.57. The van der Waals surface area contributed by atoms with Crippen molar-refractivity contribution in [2.75, 3.05) is 26.2 Å². The van der Waals surface area contributed by atoms with Crippen LogP contribution < -0.4 is 5.56 Å². The van der Waals surface area contributed by atoms with E-state index >= 15 is 0 Å². The molecule has 0 aliphatic carbocycles. The van der Waals surface area contributed by atoms with Crippen LogP contribution in [0.25, 0.3) is 21.5 Å². The molecular weight excluding hydrogens is 584 g/mol. The van der Waals surface area contributed by atoms with Crippen molar-refractivity contribution in [1.82, 2.24) is 28.9 Å². The summed E-state index contributed by atoms with van der Waals surface area (Å²) in [7, 11) is 1.86. The topological polar surface area (TPSA) is 96.5 Å². The predicted molar refractivity (Wildman–Crippen MR) is 176 cm³/mol. The summed E-state index contributed by atoms with van der Waals surface area (Å²) in [6.45, 7) is 3.65. The lowest BCUT2D eigenvalue weighted by molar-refractivity contribution is -0.142. The highest BCUT2D eigenvalue weighted by atomic mass is 32.1. The molecule has 7 rings (SSSR count). The molecule has 1 N–H and O–H groups in total. The smallest absolute Gasteiger partial charge is 0.262 e. The SMILES string of the molecule is Cn1ccc2c(=O)n(CC3(O)CCN(C(=O)[C@@H]4CCN(Cc5ccc(-c6ccncc6)s5)C[C@H]4c4ccccc4)CC3)cnc21. The Morgan fingerprint density at radius 1 is 1.02 bits per heavy atom. The molecule has 232 valence electrons. The van der Waals surface area contributed by atoms with Crippen molar-refractivity contribution in [3.63, 3.8) is 0 Å². The summed E-state index contributed by atoms with van der Waals surface area (Å²) < 4.78 is 3.32. The van der Waals surface area contributed by atoms with E-state index in [4.69, 9.17) is 0 Å². The van der Waals surface area contributed by atoms with Crippen LogP contribution in [0.4, 0.5) is 0 Å². The number of aryl methyl sites for hydroxylation is 1. The molecule has 45 heavy (non-hydrogen) atoms. The largest absolute Gasteiger partial charge is 0.388 e. The molecule has 1 aromatic carbocycles. The molecule has 1 amide bonds. The Morgan fingerprint density at radius 2 is 1.80 bits per heavy atom. The number of nitrogens with zero attached hydrogens (tertiary/aromatic N) is 6.